The third-order valence-electron chi connectivity index (χ3n) is 6.23. The van der Waals surface area contributed by atoms with E-state index >= 15 is 0 Å². The molecule has 1 rings (SSSR count). The average molecular weight is 1110 g/mol. The van der Waals surface area contributed by atoms with Crippen LogP contribution in [0.25, 0.3) is 0 Å². The second kappa shape index (κ2) is 48.6. The Morgan fingerprint density at radius 2 is 1.02 bits per heavy atom. The van der Waals surface area contributed by atoms with E-state index in [2.05, 4.69) is 130 Å². The number of carbonyl (C=O) groups is 2. The summed E-state index contributed by atoms with van der Waals surface area (Å²) in [4.78, 5) is 20.4. The van der Waals surface area contributed by atoms with Gasteiger partial charge in [-0.3, -0.25) is 14.3 Å². The van der Waals surface area contributed by atoms with Crippen molar-refractivity contribution >= 4 is 136 Å². The van der Waals surface area contributed by atoms with E-state index in [-0.39, 0.29) is 138 Å². The van der Waals surface area contributed by atoms with E-state index in [4.69, 9.17) is 20.4 Å². The smallest absolute Gasteiger partial charge is 1.00 e. The fraction of sp³-hybridized carbons (Fsp3) is 0.931. The van der Waals surface area contributed by atoms with Crippen molar-refractivity contribution in [1.82, 2.24) is 0 Å². The molecule has 4 N–H and O–H groups in total. The molecule has 1 aliphatic rings. The van der Waals surface area contributed by atoms with Crippen LogP contribution in [0.5, 0.6) is 0 Å². The second-order valence-corrected chi connectivity index (χ2v) is 31.1. The minimum atomic E-state index is -0.962. The standard InChI is InChI=1S/C7H14Br2.C7H12O4.C7H16O2.C7H14S.CH4S.Al.Br3P.FH.Li.2Na.H2.4H/c1-7(2,3-5-8)4-6-9;1-7(2,3-5(8)9)4-6(10)11;1-7(2,3-5-8)4-6-9;1-7(2)3-5-8-6-4-7;1-2;;1-4(2)3;;;;;;;;;/h3-6H2,1-2H3;3-4H2,1-2H3,(H,8,9)(H,10,11);8-9H,3-6H2,1-2H3;3-6H2,1-2H3;2H,1H3;;;1H;;;;1H;;;;/q;;;;;;;;3*+1;;;;;-1/p-1/i;;;;;;;;;;;1+2;;;;. The molecule has 0 aliphatic carbocycles. The Morgan fingerprint density at radius 1 is 0.771 bits per heavy atom. The van der Waals surface area contributed by atoms with Gasteiger partial charge in [-0.2, -0.15) is 18.0 Å². The van der Waals surface area contributed by atoms with E-state index in [1.807, 2.05) is 13.8 Å². The fourth-order valence-corrected chi connectivity index (χ4v) is 6.92. The molecule has 48 heavy (non-hydrogen) atoms. The predicted molar refractivity (Wildman–Crippen MR) is 229 cm³/mol. The zero-order valence-corrected chi connectivity index (χ0v) is 45.5. The normalized spacial score (nSPS) is 12.5. The molecular weight excluding hydrogens is 1040 g/mol. The van der Waals surface area contributed by atoms with E-state index < -0.39 is 17.4 Å². The molecule has 0 amide bonds. The van der Waals surface area contributed by atoms with E-state index in [9.17, 15) is 9.59 Å². The van der Waals surface area contributed by atoms with Crippen LogP contribution in [0.3, 0.4) is 0 Å². The van der Waals surface area contributed by atoms with Crippen molar-refractivity contribution in [1.29, 1.82) is 0 Å². The molecule has 1 fully saturated rings. The SMILES string of the molecule is BrP(Br)Br.CC(C)(CC(=O)O)CC(=O)O.CC(C)(CCBr)CCBr.CC(C)(CCO)CCO.CC1(C)CCSCC1.C[S-].F.[3HH].[AlH3].[H-].[Li+].[Na+].[Na+]. The molecule has 0 aromatic carbocycles. The zero-order valence-electron chi connectivity index (χ0n) is 32.1. The first-order valence-corrected chi connectivity index (χ1v) is 25.7. The largest absolute Gasteiger partial charge is 1.00 e. The molecule has 0 aromatic rings. The van der Waals surface area contributed by atoms with Gasteiger partial charge in [0.15, 0.2) is 17.4 Å². The van der Waals surface area contributed by atoms with Gasteiger partial charge in [0.1, 0.15) is 4.03 Å². The number of thioether (sulfide) groups is 1. The summed E-state index contributed by atoms with van der Waals surface area (Å²) >= 11 is 22.6. The molecule has 19 heteroatoms. The molecule has 1 heterocycles. The molecule has 0 spiro atoms. The van der Waals surface area contributed by atoms with Gasteiger partial charge in [-0.25, -0.2) is 0 Å². The van der Waals surface area contributed by atoms with Gasteiger partial charge in [-0.15, -0.1) is 0 Å². The van der Waals surface area contributed by atoms with Crippen molar-refractivity contribution < 1.29 is 116 Å². The Morgan fingerprint density at radius 3 is 1.19 bits per heavy atom. The maximum absolute atomic E-state index is 10.2. The summed E-state index contributed by atoms with van der Waals surface area (Å²) in [7, 11) is 0. The number of aliphatic hydroxyl groups excluding tert-OH is 2. The topological polar surface area (TPSA) is 115 Å². The number of hydrogen-bond acceptors (Lipinski definition) is 6. The Bertz CT molecular complexity index is 639. The summed E-state index contributed by atoms with van der Waals surface area (Å²) in [6.07, 6.45) is 8.26. The van der Waals surface area contributed by atoms with E-state index in [0.29, 0.717) is 10.8 Å². The zero-order chi connectivity index (χ0) is 35.3. The van der Waals surface area contributed by atoms with Gasteiger partial charge in [0, 0.05) is 25.3 Å². The Kier molecular flexibility index (Phi) is 78.9. The van der Waals surface area contributed by atoms with Gasteiger partial charge in [0.05, 0.1) is 12.8 Å². The molecule has 0 radical (unpaired) electrons. The minimum Gasteiger partial charge on any atom is -1.00 e. The Labute approximate surface area is 415 Å². The number of aliphatic hydroxyl groups is 2. The van der Waals surface area contributed by atoms with Crippen LogP contribution in [-0.4, -0.2) is 91.4 Å². The summed E-state index contributed by atoms with van der Waals surface area (Å²) in [5.41, 5.74) is 0.611. The number of rotatable bonds is 12. The van der Waals surface area contributed by atoms with Crippen LogP contribution in [-0.2, 0) is 22.2 Å². The van der Waals surface area contributed by atoms with Crippen LogP contribution in [0.1, 0.15) is 110 Å². The van der Waals surface area contributed by atoms with E-state index in [0.717, 1.165) is 23.5 Å². The predicted octanol–water partition coefficient (Wildman–Crippen LogP) is 1.76. The van der Waals surface area contributed by atoms with Crippen LogP contribution in [0, 0.1) is 21.7 Å². The number of aliphatic carboxylic acids is 2. The van der Waals surface area contributed by atoms with Crippen LogP contribution in [0.2, 0.25) is 0 Å². The molecule has 0 aromatic heterocycles. The van der Waals surface area contributed by atoms with Gasteiger partial charge in [0.25, 0.3) is 0 Å². The third-order valence-corrected chi connectivity index (χ3v) is 8.00. The van der Waals surface area contributed by atoms with Gasteiger partial charge in [-0.1, -0.05) is 87.2 Å². The number of carboxylic acids is 2. The summed E-state index contributed by atoms with van der Waals surface area (Å²) in [5, 5.41) is 36.1. The van der Waals surface area contributed by atoms with Crippen molar-refractivity contribution in [2.24, 2.45) is 21.7 Å². The van der Waals surface area contributed by atoms with Crippen LogP contribution >= 0.6 is 94.1 Å². The quantitative estimate of drug-likeness (QED) is 0.101. The monoisotopic (exact) mass is 1100 g/mol. The Balaban J connectivity index is -0.0000000351. The van der Waals surface area contributed by atoms with Gasteiger partial charge in [-0.05, 0) is 118 Å². The molecule has 0 unspecified atom stereocenters. The van der Waals surface area contributed by atoms with E-state index in [1.54, 1.807) is 20.1 Å². The van der Waals surface area contributed by atoms with Crippen LogP contribution in [0.4, 0.5) is 4.70 Å². The summed E-state index contributed by atoms with van der Waals surface area (Å²) in [6.45, 7) is 17.1. The van der Waals surface area contributed by atoms with Crippen molar-refractivity contribution in [2.75, 3.05) is 41.6 Å². The Hall–Kier alpha value is 5.45. The van der Waals surface area contributed by atoms with Crippen molar-refractivity contribution in [3.63, 3.8) is 0 Å². The molecule has 282 valence electrons. The molecule has 1 aliphatic heterocycles. The van der Waals surface area contributed by atoms with Crippen molar-refractivity contribution in [2.45, 2.75) is 107 Å². The van der Waals surface area contributed by atoms with E-state index in [1.165, 1.54) is 37.2 Å². The molecular formula is C29H66AlBr5FLiNa2O6PS2+. The first kappa shape index (κ1) is 77.9. The van der Waals surface area contributed by atoms with Crippen molar-refractivity contribution in [3.8, 4) is 0 Å². The van der Waals surface area contributed by atoms with Gasteiger partial charge in [0.2, 0.25) is 0 Å². The summed E-state index contributed by atoms with van der Waals surface area (Å²) in [5.74, 6) is 0.840. The summed E-state index contributed by atoms with van der Waals surface area (Å²) < 4.78 is -0.183. The average Bonchev–Trinajstić information content (AvgIpc) is 2.79. The third kappa shape index (κ3) is 76.2. The van der Waals surface area contributed by atoms with Crippen LogP contribution in [0.15, 0.2) is 0 Å². The number of carboxylic acid groups (broad SMARTS) is 2. The maximum Gasteiger partial charge on any atom is 1.00 e. The second-order valence-electron chi connectivity index (χ2n) is 12.9. The summed E-state index contributed by atoms with van der Waals surface area (Å²) in [6, 6.07) is 0. The molecule has 1 saturated heterocycles. The molecule has 0 saturated carbocycles. The van der Waals surface area contributed by atoms with Crippen molar-refractivity contribution in [3.05, 3.63) is 0 Å². The van der Waals surface area contributed by atoms with Gasteiger partial charge >= 0.3 is 89.9 Å². The van der Waals surface area contributed by atoms with Gasteiger partial charge < -0.3 is 34.5 Å². The first-order chi connectivity index (χ1) is 19.5. The molecule has 0 atom stereocenters. The first-order valence-electron chi connectivity index (χ1n) is 14.1. The number of halogens is 6. The maximum atomic E-state index is 10.2. The fourth-order valence-electron chi connectivity index (χ4n) is 3.17. The molecule has 0 bridgehead atoms. The van der Waals surface area contributed by atoms with Crippen LogP contribution < -0.4 is 78.0 Å². The minimum absolute atomic E-state index is 0. The molecule has 6 nitrogen and oxygen atoms in total. The number of hydrogen-bond donors (Lipinski definition) is 4. The number of alkyl halides is 2.